The highest BCUT2D eigenvalue weighted by atomic mass is 35.5. The zero-order valence-electron chi connectivity index (χ0n) is 10.6. The molecule has 94 valence electrons. The standard InChI is InChI=1S/C16H17ClO/c1-16(18)14-12-10-8-6-4-2-3-5-7-9-11-13-15-17/h4,6,9,11,13,15H,8,10,12,14H2,1H3. The van der Waals surface area contributed by atoms with Gasteiger partial charge in [-0.2, -0.15) is 0 Å². The summed E-state index contributed by atoms with van der Waals surface area (Å²) < 4.78 is 0. The van der Waals surface area contributed by atoms with Gasteiger partial charge >= 0.3 is 0 Å². The van der Waals surface area contributed by atoms with E-state index in [1.54, 1.807) is 31.2 Å². The average molecular weight is 261 g/mol. The second-order valence-corrected chi connectivity index (χ2v) is 3.82. The highest BCUT2D eigenvalue weighted by Crippen LogP contribution is 2.00. The number of carbonyl (C=O) groups is 1. The molecule has 0 amide bonds. The Hall–Kier alpha value is -1.70. The van der Waals surface area contributed by atoms with Crippen molar-refractivity contribution < 1.29 is 4.79 Å². The first-order valence-electron chi connectivity index (χ1n) is 5.84. The van der Waals surface area contributed by atoms with Gasteiger partial charge in [0.2, 0.25) is 0 Å². The normalized spacial score (nSPS) is 10.3. The second-order valence-electron chi connectivity index (χ2n) is 3.57. The Morgan fingerprint density at radius 3 is 2.50 bits per heavy atom. The zero-order chi connectivity index (χ0) is 13.5. The lowest BCUT2D eigenvalue weighted by molar-refractivity contribution is -0.117. The predicted molar refractivity (Wildman–Crippen MR) is 78.0 cm³/mol. The predicted octanol–water partition coefficient (Wildman–Crippen LogP) is 4.01. The molecule has 0 saturated carbocycles. The molecule has 0 atom stereocenters. The van der Waals surface area contributed by atoms with E-state index in [1.165, 1.54) is 5.54 Å². The highest BCUT2D eigenvalue weighted by Gasteiger charge is 1.90. The largest absolute Gasteiger partial charge is 0.300 e. The lowest BCUT2D eigenvalue weighted by Crippen LogP contribution is -1.88. The SMILES string of the molecule is CC(=O)CCCCC=CC#CC#CC=CC=CCl. The fourth-order valence-corrected chi connectivity index (χ4v) is 1.16. The Morgan fingerprint density at radius 1 is 1.11 bits per heavy atom. The van der Waals surface area contributed by atoms with E-state index < -0.39 is 0 Å². The molecule has 0 aromatic carbocycles. The van der Waals surface area contributed by atoms with Gasteiger partial charge in [-0.05, 0) is 50.2 Å². The van der Waals surface area contributed by atoms with Gasteiger partial charge in [0.05, 0.1) is 0 Å². The van der Waals surface area contributed by atoms with Crippen LogP contribution in [0.2, 0.25) is 0 Å². The molecule has 0 bridgehead atoms. The van der Waals surface area contributed by atoms with E-state index in [4.69, 9.17) is 11.6 Å². The van der Waals surface area contributed by atoms with Crippen LogP contribution in [0.4, 0.5) is 0 Å². The summed E-state index contributed by atoms with van der Waals surface area (Å²) in [6, 6.07) is 0. The summed E-state index contributed by atoms with van der Waals surface area (Å²) in [6.07, 6.45) is 12.5. The summed E-state index contributed by atoms with van der Waals surface area (Å²) in [6.45, 7) is 1.62. The fourth-order valence-electron chi connectivity index (χ4n) is 1.08. The van der Waals surface area contributed by atoms with Crippen LogP contribution in [-0.2, 0) is 4.79 Å². The minimum Gasteiger partial charge on any atom is -0.300 e. The topological polar surface area (TPSA) is 17.1 Å². The number of allylic oxidation sites excluding steroid dienone is 5. The van der Waals surface area contributed by atoms with Crippen molar-refractivity contribution in [3.05, 3.63) is 35.9 Å². The minimum atomic E-state index is 0.256. The molecule has 0 spiro atoms. The van der Waals surface area contributed by atoms with Crippen molar-refractivity contribution in [2.75, 3.05) is 0 Å². The van der Waals surface area contributed by atoms with Gasteiger partial charge < -0.3 is 4.79 Å². The maximum Gasteiger partial charge on any atom is 0.129 e. The molecule has 0 radical (unpaired) electrons. The molecule has 0 rings (SSSR count). The second kappa shape index (κ2) is 13.4. The molecule has 1 nitrogen and oxygen atoms in total. The Bertz CT molecular complexity index is 433. The van der Waals surface area contributed by atoms with E-state index in [-0.39, 0.29) is 5.78 Å². The first kappa shape index (κ1) is 16.3. The number of hydrogen-bond donors (Lipinski definition) is 0. The number of halogens is 1. The van der Waals surface area contributed by atoms with E-state index in [1.807, 2.05) is 6.08 Å². The van der Waals surface area contributed by atoms with Crippen LogP contribution in [0.25, 0.3) is 0 Å². The molecule has 0 saturated heterocycles. The quantitative estimate of drug-likeness (QED) is 0.401. The minimum absolute atomic E-state index is 0.256. The smallest absolute Gasteiger partial charge is 0.129 e. The molecule has 0 unspecified atom stereocenters. The maximum absolute atomic E-state index is 10.7. The molecule has 0 aliphatic rings. The summed E-state index contributed by atoms with van der Waals surface area (Å²) in [5, 5.41) is 0. The van der Waals surface area contributed by atoms with Crippen LogP contribution in [0, 0.1) is 23.7 Å². The first-order chi connectivity index (χ1) is 8.77. The van der Waals surface area contributed by atoms with E-state index in [0.717, 1.165) is 19.3 Å². The van der Waals surface area contributed by atoms with Crippen molar-refractivity contribution in [3.8, 4) is 23.7 Å². The summed E-state index contributed by atoms with van der Waals surface area (Å²) in [5.41, 5.74) is 1.42. The van der Waals surface area contributed by atoms with Crippen molar-refractivity contribution >= 4 is 17.4 Å². The fraction of sp³-hybridized carbons (Fsp3) is 0.312. The molecule has 0 aliphatic carbocycles. The van der Waals surface area contributed by atoms with Crippen LogP contribution < -0.4 is 0 Å². The number of unbranched alkanes of at least 4 members (excludes halogenated alkanes) is 2. The molecule has 0 N–H and O–H groups in total. The van der Waals surface area contributed by atoms with Crippen LogP contribution in [0.3, 0.4) is 0 Å². The lowest BCUT2D eigenvalue weighted by atomic mass is 10.1. The highest BCUT2D eigenvalue weighted by molar-refractivity contribution is 6.25. The van der Waals surface area contributed by atoms with Crippen LogP contribution >= 0.6 is 11.6 Å². The van der Waals surface area contributed by atoms with E-state index >= 15 is 0 Å². The zero-order valence-corrected chi connectivity index (χ0v) is 11.3. The molecule has 2 heteroatoms. The molecule has 0 aromatic heterocycles. The van der Waals surface area contributed by atoms with Gasteiger partial charge in [0, 0.05) is 12.0 Å². The average Bonchev–Trinajstić information content (AvgIpc) is 2.34. The van der Waals surface area contributed by atoms with Gasteiger partial charge in [-0.1, -0.05) is 41.7 Å². The van der Waals surface area contributed by atoms with Gasteiger partial charge in [0.25, 0.3) is 0 Å². The van der Waals surface area contributed by atoms with Gasteiger partial charge in [-0.25, -0.2) is 0 Å². The molecule has 18 heavy (non-hydrogen) atoms. The van der Waals surface area contributed by atoms with Gasteiger partial charge in [0.1, 0.15) is 5.78 Å². The third kappa shape index (κ3) is 14.3. The molecule has 0 heterocycles. The first-order valence-corrected chi connectivity index (χ1v) is 6.28. The van der Waals surface area contributed by atoms with Gasteiger partial charge in [-0.3, -0.25) is 0 Å². The Labute approximate surface area is 115 Å². The van der Waals surface area contributed by atoms with Gasteiger partial charge in [0.15, 0.2) is 0 Å². The van der Waals surface area contributed by atoms with Crippen molar-refractivity contribution in [2.45, 2.75) is 32.6 Å². The van der Waals surface area contributed by atoms with Gasteiger partial charge in [-0.15, -0.1) is 0 Å². The molecule has 0 aromatic rings. The summed E-state index contributed by atoms with van der Waals surface area (Å²) in [5.74, 6) is 11.2. The van der Waals surface area contributed by atoms with Crippen LogP contribution in [0.15, 0.2) is 35.9 Å². The summed E-state index contributed by atoms with van der Waals surface area (Å²) >= 11 is 5.32. The van der Waals surface area contributed by atoms with Crippen molar-refractivity contribution in [3.63, 3.8) is 0 Å². The van der Waals surface area contributed by atoms with Crippen LogP contribution in [0.1, 0.15) is 32.6 Å². The van der Waals surface area contributed by atoms with Crippen molar-refractivity contribution in [1.29, 1.82) is 0 Å². The Kier molecular flexibility index (Phi) is 12.1. The van der Waals surface area contributed by atoms with E-state index in [2.05, 4.69) is 23.7 Å². The molecular formula is C16H17ClO. The number of hydrogen-bond acceptors (Lipinski definition) is 1. The number of carbonyl (C=O) groups excluding carboxylic acids is 1. The molecule has 0 fully saturated rings. The Morgan fingerprint density at radius 2 is 1.83 bits per heavy atom. The van der Waals surface area contributed by atoms with Crippen LogP contribution in [-0.4, -0.2) is 5.78 Å². The Balaban J connectivity index is 3.66. The van der Waals surface area contributed by atoms with Crippen LogP contribution in [0.5, 0.6) is 0 Å². The molecule has 0 aliphatic heterocycles. The van der Waals surface area contributed by atoms with Crippen molar-refractivity contribution in [1.82, 2.24) is 0 Å². The lowest BCUT2D eigenvalue weighted by Gasteiger charge is -1.92. The monoisotopic (exact) mass is 260 g/mol. The number of Topliss-reactive ketones (excluding diaryl/α,β-unsaturated/α-hetero) is 1. The number of ketones is 1. The third-order valence-electron chi connectivity index (χ3n) is 1.92. The van der Waals surface area contributed by atoms with E-state index in [9.17, 15) is 4.79 Å². The third-order valence-corrected chi connectivity index (χ3v) is 2.07. The molecular weight excluding hydrogens is 244 g/mol. The van der Waals surface area contributed by atoms with E-state index in [0.29, 0.717) is 6.42 Å². The summed E-state index contributed by atoms with van der Waals surface area (Å²) in [4.78, 5) is 10.7. The summed E-state index contributed by atoms with van der Waals surface area (Å²) in [7, 11) is 0. The maximum atomic E-state index is 10.7. The number of rotatable bonds is 6. The van der Waals surface area contributed by atoms with Crippen molar-refractivity contribution in [2.24, 2.45) is 0 Å².